The van der Waals surface area contributed by atoms with Crippen LogP contribution in [0.1, 0.15) is 46.8 Å². The summed E-state index contributed by atoms with van der Waals surface area (Å²) >= 11 is 12.2. The van der Waals surface area contributed by atoms with Crippen LogP contribution in [0.3, 0.4) is 0 Å². The first-order valence-corrected chi connectivity index (χ1v) is 13.2. The molecule has 0 saturated heterocycles. The molecule has 1 amide bonds. The average Bonchev–Trinajstić information content (AvgIpc) is 2.92. The van der Waals surface area contributed by atoms with Crippen molar-refractivity contribution < 1.29 is 14.7 Å². The second-order valence-electron chi connectivity index (χ2n) is 9.58. The number of nitrogens with zero attached hydrogens (tertiary/aromatic N) is 1. The lowest BCUT2D eigenvalue weighted by molar-refractivity contribution is -0.142. The molecule has 1 atom stereocenters. The van der Waals surface area contributed by atoms with Crippen LogP contribution in [0.2, 0.25) is 10.0 Å². The van der Waals surface area contributed by atoms with E-state index in [1.165, 1.54) is 16.5 Å². The molecule has 6 heteroatoms. The number of hydrogen-bond acceptors (Lipinski definition) is 2. The molecule has 0 aliphatic rings. The van der Waals surface area contributed by atoms with Crippen LogP contribution in [-0.4, -0.2) is 27.9 Å². The van der Waals surface area contributed by atoms with Crippen LogP contribution in [-0.2, 0) is 17.8 Å². The van der Waals surface area contributed by atoms with Gasteiger partial charge in [0.1, 0.15) is 6.04 Å². The number of amides is 1. The molecule has 4 aromatic carbocycles. The van der Waals surface area contributed by atoms with E-state index >= 15 is 0 Å². The number of aliphatic carboxylic acids is 1. The number of benzene rings is 4. The number of carbonyl (C=O) groups is 2. The van der Waals surface area contributed by atoms with Gasteiger partial charge >= 0.3 is 5.97 Å². The molecule has 0 unspecified atom stereocenters. The first-order valence-electron chi connectivity index (χ1n) is 12.4. The van der Waals surface area contributed by atoms with E-state index in [1.807, 2.05) is 78.9 Å². The normalized spacial score (nSPS) is 11.8. The highest BCUT2D eigenvalue weighted by Crippen LogP contribution is 2.26. The number of carboxylic acids is 1. The zero-order valence-corrected chi connectivity index (χ0v) is 22.8. The van der Waals surface area contributed by atoms with Gasteiger partial charge in [-0.2, -0.15) is 0 Å². The Hall–Kier alpha value is -3.60. The summed E-state index contributed by atoms with van der Waals surface area (Å²) in [6.07, 6.45) is 0.154. The van der Waals surface area contributed by atoms with Gasteiger partial charge < -0.3 is 10.0 Å². The summed E-state index contributed by atoms with van der Waals surface area (Å²) in [7, 11) is 0. The summed E-state index contributed by atoms with van der Waals surface area (Å²) in [4.78, 5) is 27.7. The fourth-order valence-electron chi connectivity index (χ4n) is 4.34. The van der Waals surface area contributed by atoms with E-state index in [2.05, 4.69) is 13.8 Å². The Labute approximate surface area is 233 Å². The Morgan fingerprint density at radius 1 is 0.763 bits per heavy atom. The molecular formula is C32H29Cl2NO3. The molecule has 0 aromatic heterocycles. The van der Waals surface area contributed by atoms with Crippen LogP contribution in [0.5, 0.6) is 0 Å². The molecule has 0 saturated carbocycles. The number of rotatable bonds is 9. The summed E-state index contributed by atoms with van der Waals surface area (Å²) in [6.45, 7) is 4.35. The topological polar surface area (TPSA) is 57.6 Å². The minimum Gasteiger partial charge on any atom is -0.480 e. The lowest BCUT2D eigenvalue weighted by Gasteiger charge is -2.30. The first-order chi connectivity index (χ1) is 18.2. The Bertz CT molecular complexity index is 1400. The standard InChI is InChI=1S/C32H29Cl2NO3/c1-21(2)24-12-10-23(11-13-24)20-35(31(36)27-16-17-28(33)29(34)19-27)30(32(37)38)18-22-8-14-26(15-9-22)25-6-4-3-5-7-25/h3-17,19,21,30H,18,20H2,1-2H3,(H,37,38)/t30-/m0/s1. The molecule has 0 heterocycles. The number of carboxylic acid groups (broad SMARTS) is 1. The first kappa shape index (κ1) is 27.4. The van der Waals surface area contributed by atoms with E-state index in [0.717, 1.165) is 22.3 Å². The van der Waals surface area contributed by atoms with E-state index in [1.54, 1.807) is 12.1 Å². The maximum Gasteiger partial charge on any atom is 0.326 e. The molecule has 4 aromatic rings. The van der Waals surface area contributed by atoms with Gasteiger partial charge in [-0.3, -0.25) is 4.79 Å². The van der Waals surface area contributed by atoms with Crippen LogP contribution in [0.4, 0.5) is 0 Å². The third kappa shape index (κ3) is 6.63. The molecule has 0 bridgehead atoms. The maximum absolute atomic E-state index is 13.7. The van der Waals surface area contributed by atoms with Crippen molar-refractivity contribution in [3.63, 3.8) is 0 Å². The van der Waals surface area contributed by atoms with Crippen molar-refractivity contribution in [2.24, 2.45) is 0 Å². The van der Waals surface area contributed by atoms with Gasteiger partial charge in [0.2, 0.25) is 0 Å². The third-order valence-corrected chi connectivity index (χ3v) is 7.32. The van der Waals surface area contributed by atoms with Crippen molar-refractivity contribution in [1.29, 1.82) is 0 Å². The molecule has 1 N–H and O–H groups in total. The highest BCUT2D eigenvalue weighted by molar-refractivity contribution is 6.42. The largest absolute Gasteiger partial charge is 0.480 e. The van der Waals surface area contributed by atoms with Gasteiger partial charge in [-0.05, 0) is 51.9 Å². The Morgan fingerprint density at radius 2 is 1.37 bits per heavy atom. The van der Waals surface area contributed by atoms with E-state index in [9.17, 15) is 14.7 Å². The molecule has 0 aliphatic carbocycles. The van der Waals surface area contributed by atoms with E-state index in [-0.39, 0.29) is 23.6 Å². The molecule has 0 fully saturated rings. The third-order valence-electron chi connectivity index (χ3n) is 6.58. The van der Waals surface area contributed by atoms with Gasteiger partial charge in [0.25, 0.3) is 5.91 Å². The molecule has 4 nitrogen and oxygen atoms in total. The van der Waals surface area contributed by atoms with Crippen molar-refractivity contribution in [2.45, 2.75) is 38.8 Å². The minimum absolute atomic E-state index is 0.135. The zero-order valence-electron chi connectivity index (χ0n) is 21.3. The van der Waals surface area contributed by atoms with Gasteiger partial charge in [-0.15, -0.1) is 0 Å². The Balaban J connectivity index is 1.66. The highest BCUT2D eigenvalue weighted by Gasteiger charge is 2.31. The van der Waals surface area contributed by atoms with Gasteiger partial charge in [0.15, 0.2) is 0 Å². The molecule has 0 aliphatic heterocycles. The summed E-state index contributed by atoms with van der Waals surface area (Å²) in [6, 6.07) is 29.2. The molecular weight excluding hydrogens is 517 g/mol. The fraction of sp³-hybridized carbons (Fsp3) is 0.188. The lowest BCUT2D eigenvalue weighted by atomic mass is 9.98. The number of hydrogen-bond donors (Lipinski definition) is 1. The van der Waals surface area contributed by atoms with E-state index < -0.39 is 17.9 Å². The Kier molecular flexibility index (Phi) is 8.88. The predicted octanol–water partition coefficient (Wildman–Crippen LogP) is 8.12. The average molecular weight is 546 g/mol. The summed E-state index contributed by atoms with van der Waals surface area (Å²) in [5.74, 6) is -1.14. The van der Waals surface area contributed by atoms with Crippen molar-refractivity contribution in [1.82, 2.24) is 4.90 Å². The van der Waals surface area contributed by atoms with E-state index in [0.29, 0.717) is 10.9 Å². The predicted molar refractivity (Wildman–Crippen MR) is 154 cm³/mol. The van der Waals surface area contributed by atoms with Gasteiger partial charge in [-0.25, -0.2) is 4.79 Å². The quantitative estimate of drug-likeness (QED) is 0.231. The van der Waals surface area contributed by atoms with Crippen LogP contribution in [0.15, 0.2) is 97.1 Å². The van der Waals surface area contributed by atoms with Crippen molar-refractivity contribution in [2.75, 3.05) is 0 Å². The van der Waals surface area contributed by atoms with Gasteiger partial charge in [-0.1, -0.05) is 116 Å². The summed E-state index contributed by atoms with van der Waals surface area (Å²) in [5, 5.41) is 10.9. The Morgan fingerprint density at radius 3 is 1.95 bits per heavy atom. The van der Waals surface area contributed by atoms with Crippen LogP contribution in [0, 0.1) is 0 Å². The van der Waals surface area contributed by atoms with Crippen molar-refractivity contribution >= 4 is 35.1 Å². The molecule has 4 rings (SSSR count). The van der Waals surface area contributed by atoms with Gasteiger partial charge in [0, 0.05) is 18.5 Å². The molecule has 38 heavy (non-hydrogen) atoms. The number of halogens is 2. The molecule has 0 spiro atoms. The molecule has 194 valence electrons. The van der Waals surface area contributed by atoms with Crippen LogP contribution < -0.4 is 0 Å². The van der Waals surface area contributed by atoms with Crippen molar-refractivity contribution in [3.05, 3.63) is 129 Å². The fourth-order valence-corrected chi connectivity index (χ4v) is 4.64. The highest BCUT2D eigenvalue weighted by atomic mass is 35.5. The second-order valence-corrected chi connectivity index (χ2v) is 10.4. The van der Waals surface area contributed by atoms with Crippen molar-refractivity contribution in [3.8, 4) is 11.1 Å². The molecule has 0 radical (unpaired) electrons. The van der Waals surface area contributed by atoms with Crippen LogP contribution in [0.25, 0.3) is 11.1 Å². The summed E-state index contributed by atoms with van der Waals surface area (Å²) < 4.78 is 0. The maximum atomic E-state index is 13.7. The number of carbonyl (C=O) groups excluding carboxylic acids is 1. The van der Waals surface area contributed by atoms with Crippen LogP contribution >= 0.6 is 23.2 Å². The second kappa shape index (κ2) is 12.3. The smallest absolute Gasteiger partial charge is 0.326 e. The monoisotopic (exact) mass is 545 g/mol. The minimum atomic E-state index is -1.09. The SMILES string of the molecule is CC(C)c1ccc(CN(C(=O)c2ccc(Cl)c(Cl)c2)[C@@H](Cc2ccc(-c3ccccc3)cc2)C(=O)O)cc1. The zero-order chi connectivity index (χ0) is 27.2. The van der Waals surface area contributed by atoms with E-state index in [4.69, 9.17) is 23.2 Å². The lowest BCUT2D eigenvalue weighted by Crippen LogP contribution is -2.46. The summed E-state index contributed by atoms with van der Waals surface area (Å²) in [5.41, 5.74) is 5.23. The van der Waals surface area contributed by atoms with Gasteiger partial charge in [0.05, 0.1) is 10.0 Å².